The number of hydrogen-bond acceptors (Lipinski definition) is 5. The van der Waals surface area contributed by atoms with Crippen molar-refractivity contribution in [3.05, 3.63) is 12.2 Å². The summed E-state index contributed by atoms with van der Waals surface area (Å²) in [6, 6.07) is -0.644. The third kappa shape index (κ3) is 53.8. The molecule has 0 aromatic carbocycles. The van der Waals surface area contributed by atoms with Gasteiger partial charge in [0.05, 0.1) is 25.4 Å². The fourth-order valence-electron chi connectivity index (χ4n) is 9.64. The molecule has 0 heterocycles. The fraction of sp³-hybridized carbons (Fsp3) is 0.934. The van der Waals surface area contributed by atoms with Crippen molar-refractivity contribution in [2.24, 2.45) is 0 Å². The molecule has 0 radical (unpaired) electrons. The van der Waals surface area contributed by atoms with Crippen molar-refractivity contribution in [3.63, 3.8) is 0 Å². The quantitative estimate of drug-likeness (QED) is 0.0321. The largest absolute Gasteiger partial charge is 0.466 e. The van der Waals surface area contributed by atoms with E-state index in [2.05, 4.69) is 19.2 Å². The minimum absolute atomic E-state index is 0.0153. The highest BCUT2D eigenvalue weighted by Gasteiger charge is 2.18. The summed E-state index contributed by atoms with van der Waals surface area (Å²) in [5.74, 6) is -0.102. The van der Waals surface area contributed by atoms with Crippen LogP contribution in [0.1, 0.15) is 341 Å². The van der Waals surface area contributed by atoms with E-state index in [0.717, 1.165) is 57.8 Å². The zero-order chi connectivity index (χ0) is 48.6. The molecule has 6 heteroatoms. The molecule has 0 fully saturated rings. The van der Waals surface area contributed by atoms with Crippen LogP contribution in [0.25, 0.3) is 0 Å². The van der Waals surface area contributed by atoms with Gasteiger partial charge >= 0.3 is 5.97 Å². The molecule has 3 N–H and O–H groups in total. The molecule has 0 aromatic rings. The first-order valence-corrected chi connectivity index (χ1v) is 30.5. The van der Waals surface area contributed by atoms with E-state index in [1.165, 1.54) is 257 Å². The highest BCUT2D eigenvalue weighted by Crippen LogP contribution is 2.18. The SMILES string of the molecule is CCCCCCCCCCCCCCCCCCCCCC/C=C/C(O)C(CO)NC(=O)CCCCCCCCCCCCOC(=O)CCCCCCCCCCCCCCCCCCCC. The standard InChI is InChI=1S/C61H119NO5/c1-3-5-7-9-11-13-15-17-19-21-23-24-25-26-27-29-31-33-37-41-45-49-53-59(64)58(57-63)62-60(65)54-50-46-42-38-35-36-40-44-48-52-56-67-61(66)55-51-47-43-39-34-32-30-28-22-20-18-16-14-12-10-8-6-4-2/h49,53,58-59,63-64H,3-48,50-52,54-57H2,1-2H3,(H,62,65)/b53-49+. The maximum Gasteiger partial charge on any atom is 0.305 e. The van der Waals surface area contributed by atoms with Gasteiger partial charge in [-0.05, 0) is 32.1 Å². The number of carbonyl (C=O) groups is 2. The van der Waals surface area contributed by atoms with E-state index in [1.807, 2.05) is 6.08 Å². The maximum atomic E-state index is 12.5. The highest BCUT2D eigenvalue weighted by atomic mass is 16.5. The second-order valence-electron chi connectivity index (χ2n) is 21.0. The van der Waals surface area contributed by atoms with Gasteiger partial charge in [-0.3, -0.25) is 9.59 Å². The molecule has 67 heavy (non-hydrogen) atoms. The Morgan fingerprint density at radius 2 is 0.687 bits per heavy atom. The van der Waals surface area contributed by atoms with Gasteiger partial charge in [0, 0.05) is 12.8 Å². The average Bonchev–Trinajstić information content (AvgIpc) is 3.33. The van der Waals surface area contributed by atoms with Gasteiger partial charge in [-0.15, -0.1) is 0 Å². The number of ether oxygens (including phenoxy) is 1. The van der Waals surface area contributed by atoms with Gasteiger partial charge in [0.15, 0.2) is 0 Å². The van der Waals surface area contributed by atoms with E-state index >= 15 is 0 Å². The molecule has 6 nitrogen and oxygen atoms in total. The molecule has 0 bridgehead atoms. The first kappa shape index (κ1) is 65.6. The van der Waals surface area contributed by atoms with Crippen LogP contribution in [0.15, 0.2) is 12.2 Å². The van der Waals surface area contributed by atoms with Gasteiger partial charge in [-0.1, -0.05) is 309 Å². The van der Waals surface area contributed by atoms with E-state index < -0.39 is 12.1 Å². The van der Waals surface area contributed by atoms with E-state index in [-0.39, 0.29) is 18.5 Å². The fourth-order valence-corrected chi connectivity index (χ4v) is 9.64. The first-order chi connectivity index (χ1) is 33.0. The van der Waals surface area contributed by atoms with Crippen molar-refractivity contribution in [2.75, 3.05) is 13.2 Å². The summed E-state index contributed by atoms with van der Waals surface area (Å²) in [6.07, 6.45) is 68.1. The van der Waals surface area contributed by atoms with Crippen LogP contribution < -0.4 is 5.32 Å². The van der Waals surface area contributed by atoms with Crippen molar-refractivity contribution in [2.45, 2.75) is 353 Å². The molecule has 0 saturated carbocycles. The second kappa shape index (κ2) is 57.2. The number of hydrogen-bond donors (Lipinski definition) is 3. The Morgan fingerprint density at radius 3 is 1.01 bits per heavy atom. The monoisotopic (exact) mass is 946 g/mol. The predicted octanol–water partition coefficient (Wildman–Crippen LogP) is 18.9. The van der Waals surface area contributed by atoms with Crippen molar-refractivity contribution < 1.29 is 24.5 Å². The molecule has 0 aliphatic heterocycles. The third-order valence-corrected chi connectivity index (χ3v) is 14.3. The molecule has 2 atom stereocenters. The molecule has 398 valence electrons. The Bertz CT molecular complexity index is 1000. The predicted molar refractivity (Wildman–Crippen MR) is 292 cm³/mol. The van der Waals surface area contributed by atoms with Crippen LogP contribution in [-0.4, -0.2) is 47.4 Å². The molecular weight excluding hydrogens is 827 g/mol. The van der Waals surface area contributed by atoms with Crippen LogP contribution in [-0.2, 0) is 14.3 Å². The summed E-state index contributed by atoms with van der Waals surface area (Å²) in [5.41, 5.74) is 0. The lowest BCUT2D eigenvalue weighted by molar-refractivity contribution is -0.143. The summed E-state index contributed by atoms with van der Waals surface area (Å²) >= 11 is 0. The summed E-state index contributed by atoms with van der Waals surface area (Å²) in [7, 11) is 0. The molecule has 0 rings (SSSR count). The molecule has 0 saturated heterocycles. The Kier molecular flexibility index (Phi) is 56.0. The first-order valence-electron chi connectivity index (χ1n) is 30.5. The topological polar surface area (TPSA) is 95.9 Å². The van der Waals surface area contributed by atoms with Crippen molar-refractivity contribution in [1.82, 2.24) is 5.32 Å². The normalized spacial score (nSPS) is 12.6. The number of aliphatic hydroxyl groups excluding tert-OH is 2. The highest BCUT2D eigenvalue weighted by molar-refractivity contribution is 5.76. The van der Waals surface area contributed by atoms with E-state index in [0.29, 0.717) is 19.4 Å². The molecular formula is C61H119NO5. The van der Waals surface area contributed by atoms with Gasteiger partial charge in [-0.2, -0.15) is 0 Å². The zero-order valence-electron chi connectivity index (χ0n) is 45.4. The molecule has 1 amide bonds. The Hall–Kier alpha value is -1.40. The summed E-state index contributed by atoms with van der Waals surface area (Å²) in [6.45, 7) is 4.89. The molecule has 0 aromatic heterocycles. The zero-order valence-corrected chi connectivity index (χ0v) is 45.4. The Labute approximate surface area is 419 Å². The van der Waals surface area contributed by atoms with Crippen LogP contribution in [0, 0.1) is 0 Å². The van der Waals surface area contributed by atoms with E-state index in [9.17, 15) is 19.8 Å². The smallest absolute Gasteiger partial charge is 0.305 e. The molecule has 0 aliphatic carbocycles. The van der Waals surface area contributed by atoms with Crippen molar-refractivity contribution >= 4 is 11.9 Å². The van der Waals surface area contributed by atoms with Gasteiger partial charge in [-0.25, -0.2) is 0 Å². The second-order valence-corrected chi connectivity index (χ2v) is 21.0. The van der Waals surface area contributed by atoms with Gasteiger partial charge in [0.1, 0.15) is 0 Å². The Morgan fingerprint density at radius 1 is 0.403 bits per heavy atom. The number of amides is 1. The molecule has 0 spiro atoms. The van der Waals surface area contributed by atoms with Gasteiger partial charge in [0.2, 0.25) is 5.91 Å². The third-order valence-electron chi connectivity index (χ3n) is 14.3. The van der Waals surface area contributed by atoms with Crippen molar-refractivity contribution in [1.29, 1.82) is 0 Å². The number of carbonyl (C=O) groups excluding carboxylic acids is 2. The lowest BCUT2D eigenvalue weighted by Gasteiger charge is -2.20. The molecule has 0 aliphatic rings. The van der Waals surface area contributed by atoms with E-state index in [1.54, 1.807) is 6.08 Å². The Balaban J connectivity index is 3.47. The minimum atomic E-state index is -0.859. The summed E-state index contributed by atoms with van der Waals surface area (Å²) < 4.78 is 5.48. The van der Waals surface area contributed by atoms with Crippen molar-refractivity contribution in [3.8, 4) is 0 Å². The number of unbranched alkanes of at least 4 members (excludes halogenated alkanes) is 46. The summed E-state index contributed by atoms with van der Waals surface area (Å²) in [4.78, 5) is 24.6. The minimum Gasteiger partial charge on any atom is -0.466 e. The number of aliphatic hydroxyl groups is 2. The average molecular weight is 947 g/mol. The lowest BCUT2D eigenvalue weighted by atomic mass is 10.0. The van der Waals surface area contributed by atoms with Crippen LogP contribution in [0.5, 0.6) is 0 Å². The van der Waals surface area contributed by atoms with Crippen LogP contribution >= 0.6 is 0 Å². The number of allylic oxidation sites excluding steroid dienone is 1. The molecule has 2 unspecified atom stereocenters. The number of esters is 1. The summed E-state index contributed by atoms with van der Waals surface area (Å²) in [5, 5.41) is 23.2. The number of nitrogens with one attached hydrogen (secondary N) is 1. The van der Waals surface area contributed by atoms with Crippen LogP contribution in [0.2, 0.25) is 0 Å². The van der Waals surface area contributed by atoms with Crippen LogP contribution in [0.3, 0.4) is 0 Å². The lowest BCUT2D eigenvalue weighted by Crippen LogP contribution is -2.45. The number of rotatable bonds is 57. The van der Waals surface area contributed by atoms with E-state index in [4.69, 9.17) is 4.74 Å². The van der Waals surface area contributed by atoms with Gasteiger partial charge < -0.3 is 20.3 Å². The van der Waals surface area contributed by atoms with Gasteiger partial charge in [0.25, 0.3) is 0 Å². The maximum absolute atomic E-state index is 12.5. The van der Waals surface area contributed by atoms with Crippen LogP contribution in [0.4, 0.5) is 0 Å².